The van der Waals surface area contributed by atoms with Gasteiger partial charge in [-0.05, 0) is 93.4 Å². The highest BCUT2D eigenvalue weighted by atomic mass is 32.2. The van der Waals surface area contributed by atoms with Crippen LogP contribution >= 0.6 is 0 Å². The summed E-state index contributed by atoms with van der Waals surface area (Å²) in [6.07, 6.45) is 8.01. The molecule has 0 spiro atoms. The van der Waals surface area contributed by atoms with Gasteiger partial charge in [-0.15, -0.1) is 0 Å². The highest BCUT2D eigenvalue weighted by molar-refractivity contribution is 7.92. The fourth-order valence-electron chi connectivity index (χ4n) is 6.89. The molecule has 0 radical (unpaired) electrons. The Labute approximate surface area is 166 Å². The van der Waals surface area contributed by atoms with Crippen LogP contribution in [-0.4, -0.2) is 37.6 Å². The van der Waals surface area contributed by atoms with Crippen LogP contribution in [-0.2, 0) is 14.6 Å². The topological polar surface area (TPSA) is 54.5 Å². The molecule has 6 heteroatoms. The van der Waals surface area contributed by atoms with Crippen LogP contribution in [0.1, 0.15) is 51.4 Å². The molecule has 152 valence electrons. The molecule has 5 fully saturated rings. The number of carbonyl (C=O) groups is 1. The van der Waals surface area contributed by atoms with E-state index in [2.05, 4.69) is 0 Å². The van der Waals surface area contributed by atoms with Gasteiger partial charge >= 0.3 is 0 Å². The Kier molecular flexibility index (Phi) is 4.34. The fraction of sp³-hybridized carbons (Fsp3) is 0.682. The molecule has 0 atom stereocenters. The van der Waals surface area contributed by atoms with Crippen molar-refractivity contribution < 1.29 is 17.6 Å². The third kappa shape index (κ3) is 2.99. The van der Waals surface area contributed by atoms with E-state index in [1.54, 1.807) is 0 Å². The first-order valence-electron chi connectivity index (χ1n) is 10.6. The smallest absolute Gasteiger partial charge is 0.228 e. The first kappa shape index (κ1) is 18.6. The Morgan fingerprint density at radius 3 is 1.93 bits per heavy atom. The number of piperidine rings is 1. The second-order valence-corrected chi connectivity index (χ2v) is 11.9. The lowest BCUT2D eigenvalue weighted by Gasteiger charge is -2.57. The minimum atomic E-state index is -3.48. The molecule has 1 amide bonds. The van der Waals surface area contributed by atoms with Gasteiger partial charge in [-0.1, -0.05) is 0 Å². The largest absolute Gasteiger partial charge is 0.342 e. The lowest BCUT2D eigenvalue weighted by atomic mass is 9.49. The van der Waals surface area contributed by atoms with Gasteiger partial charge in [0.2, 0.25) is 5.91 Å². The van der Waals surface area contributed by atoms with E-state index in [-0.39, 0.29) is 10.3 Å². The molecule has 0 N–H and O–H groups in total. The van der Waals surface area contributed by atoms with Crippen molar-refractivity contribution in [3.63, 3.8) is 0 Å². The normalized spacial score (nSPS) is 35.3. The SMILES string of the molecule is O=C(N1CCC(S(=O)(=O)c2ccc(F)cc2)CC1)C12CC3CC(CC(C3)C1)C2. The maximum absolute atomic E-state index is 13.5. The third-order valence-electron chi connectivity index (χ3n) is 7.80. The lowest BCUT2D eigenvalue weighted by Crippen LogP contribution is -2.56. The number of halogens is 1. The van der Waals surface area contributed by atoms with Crippen molar-refractivity contribution in [1.82, 2.24) is 4.90 Å². The molecule has 4 saturated carbocycles. The number of likely N-dealkylation sites (tertiary alicyclic amines) is 1. The molecule has 28 heavy (non-hydrogen) atoms. The predicted octanol–water partition coefficient (Wildman–Crippen LogP) is 3.81. The van der Waals surface area contributed by atoms with E-state index >= 15 is 0 Å². The minimum absolute atomic E-state index is 0.155. The zero-order valence-corrected chi connectivity index (χ0v) is 17.0. The Morgan fingerprint density at radius 2 is 1.43 bits per heavy atom. The van der Waals surface area contributed by atoms with Gasteiger partial charge in [0.05, 0.1) is 15.6 Å². The van der Waals surface area contributed by atoms with Crippen molar-refractivity contribution in [2.45, 2.75) is 61.5 Å². The Hall–Kier alpha value is -1.43. The quantitative estimate of drug-likeness (QED) is 0.719. The molecule has 1 saturated heterocycles. The Balaban J connectivity index is 1.27. The molecule has 1 heterocycles. The van der Waals surface area contributed by atoms with Crippen LogP contribution in [0.15, 0.2) is 29.2 Å². The molecule has 1 aliphatic heterocycles. The number of nitrogens with zero attached hydrogens (tertiary/aromatic N) is 1. The van der Waals surface area contributed by atoms with Crippen molar-refractivity contribution in [3.05, 3.63) is 30.1 Å². The second-order valence-electron chi connectivity index (χ2n) is 9.69. The molecule has 1 aromatic carbocycles. The highest BCUT2D eigenvalue weighted by Crippen LogP contribution is 2.60. The summed E-state index contributed by atoms with van der Waals surface area (Å²) in [5.74, 6) is 2.05. The van der Waals surface area contributed by atoms with Crippen LogP contribution in [0, 0.1) is 29.0 Å². The van der Waals surface area contributed by atoms with Gasteiger partial charge in [-0.3, -0.25) is 4.79 Å². The summed E-state index contributed by atoms with van der Waals surface area (Å²) in [4.78, 5) is 15.6. The number of hydrogen-bond acceptors (Lipinski definition) is 3. The molecule has 6 rings (SSSR count). The van der Waals surface area contributed by atoms with E-state index in [4.69, 9.17) is 0 Å². The van der Waals surface area contributed by atoms with Crippen LogP contribution < -0.4 is 0 Å². The summed E-state index contributed by atoms with van der Waals surface area (Å²) in [5, 5.41) is -0.488. The van der Waals surface area contributed by atoms with E-state index in [0.29, 0.717) is 31.8 Å². The molecular formula is C22H28FNO3S. The standard InChI is InChI=1S/C22H28FNO3S/c23-18-1-3-19(4-2-18)28(26,27)20-5-7-24(8-6-20)21(25)22-12-15-9-16(13-22)11-17(10-15)14-22/h1-4,15-17,20H,5-14H2. The second kappa shape index (κ2) is 6.54. The van der Waals surface area contributed by atoms with E-state index < -0.39 is 20.9 Å². The number of amides is 1. The van der Waals surface area contributed by atoms with E-state index in [1.165, 1.54) is 43.5 Å². The van der Waals surface area contributed by atoms with Crippen molar-refractivity contribution >= 4 is 15.7 Å². The van der Waals surface area contributed by atoms with Crippen LogP contribution in [0.25, 0.3) is 0 Å². The van der Waals surface area contributed by atoms with Gasteiger partial charge in [0, 0.05) is 13.1 Å². The van der Waals surface area contributed by atoms with Crippen molar-refractivity contribution in [2.75, 3.05) is 13.1 Å². The number of carbonyl (C=O) groups excluding carboxylic acids is 1. The van der Waals surface area contributed by atoms with E-state index in [1.807, 2.05) is 4.90 Å². The molecule has 4 bridgehead atoms. The van der Waals surface area contributed by atoms with E-state index in [9.17, 15) is 17.6 Å². The average Bonchev–Trinajstić information content (AvgIpc) is 2.67. The minimum Gasteiger partial charge on any atom is -0.342 e. The molecule has 5 aliphatic rings. The van der Waals surface area contributed by atoms with E-state index in [0.717, 1.165) is 37.0 Å². The maximum atomic E-state index is 13.5. The fourth-order valence-corrected chi connectivity index (χ4v) is 8.63. The number of rotatable bonds is 3. The molecule has 0 unspecified atom stereocenters. The van der Waals surface area contributed by atoms with Gasteiger partial charge in [0.15, 0.2) is 9.84 Å². The van der Waals surface area contributed by atoms with Crippen LogP contribution in [0.5, 0.6) is 0 Å². The number of sulfone groups is 1. The summed E-state index contributed by atoms with van der Waals surface area (Å²) in [5.41, 5.74) is -0.155. The van der Waals surface area contributed by atoms with Gasteiger partial charge in [0.25, 0.3) is 0 Å². The third-order valence-corrected chi connectivity index (χ3v) is 10.1. The summed E-state index contributed by atoms with van der Waals surface area (Å²) in [6.45, 7) is 1.04. The van der Waals surface area contributed by atoms with Gasteiger partial charge in [0.1, 0.15) is 5.82 Å². The lowest BCUT2D eigenvalue weighted by molar-refractivity contribution is -0.158. The van der Waals surface area contributed by atoms with Crippen LogP contribution in [0.2, 0.25) is 0 Å². The monoisotopic (exact) mass is 405 g/mol. The molecule has 4 aliphatic carbocycles. The summed E-state index contributed by atoms with van der Waals surface area (Å²) < 4.78 is 38.9. The van der Waals surface area contributed by atoms with Gasteiger partial charge in [-0.2, -0.15) is 0 Å². The zero-order chi connectivity index (χ0) is 19.5. The van der Waals surface area contributed by atoms with Crippen LogP contribution in [0.4, 0.5) is 4.39 Å². The first-order chi connectivity index (χ1) is 13.4. The summed E-state index contributed by atoms with van der Waals surface area (Å²) >= 11 is 0. The maximum Gasteiger partial charge on any atom is 0.228 e. The van der Waals surface area contributed by atoms with Gasteiger partial charge < -0.3 is 4.90 Å². The Morgan fingerprint density at radius 1 is 0.929 bits per heavy atom. The predicted molar refractivity (Wildman–Crippen MR) is 104 cm³/mol. The highest BCUT2D eigenvalue weighted by Gasteiger charge is 2.55. The number of benzene rings is 1. The first-order valence-corrected chi connectivity index (χ1v) is 12.2. The van der Waals surface area contributed by atoms with Gasteiger partial charge in [-0.25, -0.2) is 12.8 Å². The average molecular weight is 406 g/mol. The van der Waals surface area contributed by atoms with Crippen LogP contribution in [0.3, 0.4) is 0 Å². The summed E-state index contributed by atoms with van der Waals surface area (Å²) in [7, 11) is -3.48. The molecule has 1 aromatic rings. The zero-order valence-electron chi connectivity index (χ0n) is 16.1. The number of hydrogen-bond donors (Lipinski definition) is 0. The van der Waals surface area contributed by atoms with Crippen molar-refractivity contribution in [2.24, 2.45) is 23.2 Å². The van der Waals surface area contributed by atoms with Crippen molar-refractivity contribution in [1.29, 1.82) is 0 Å². The Bertz CT molecular complexity index is 836. The summed E-state index contributed by atoms with van der Waals surface area (Å²) in [6, 6.07) is 5.08. The molecule has 4 nitrogen and oxygen atoms in total. The molecule has 0 aromatic heterocycles. The molecular weight excluding hydrogens is 377 g/mol. The van der Waals surface area contributed by atoms with Crippen molar-refractivity contribution in [3.8, 4) is 0 Å².